The molecule has 17 heavy (non-hydrogen) atoms. The number of ether oxygens (including phenoxy) is 2. The molecule has 3 nitrogen and oxygen atoms in total. The van der Waals surface area contributed by atoms with E-state index in [4.69, 9.17) is 9.47 Å². The molecule has 2 aliphatic heterocycles. The lowest BCUT2D eigenvalue weighted by atomic mass is 9.88. The van der Waals surface area contributed by atoms with Gasteiger partial charge < -0.3 is 9.47 Å². The molecule has 1 aromatic rings. The van der Waals surface area contributed by atoms with Gasteiger partial charge in [0.15, 0.2) is 6.10 Å². The third-order valence-electron chi connectivity index (χ3n) is 4.21. The third kappa shape index (κ3) is 1.25. The highest BCUT2D eigenvalue weighted by atomic mass is 16.6. The second kappa shape index (κ2) is 3.25. The molecule has 2 heterocycles. The Morgan fingerprint density at radius 3 is 2.24 bits per heavy atom. The largest absolute Gasteiger partial charge is 0.478 e. The standard InChI is InChI=1S/C14H16O3/c1-6-7(2)9(4)13-12(8(6)3)10-5-11(16-13)14(15)17-10/h10-11H,5H2,1-4H3. The van der Waals surface area contributed by atoms with E-state index in [0.717, 1.165) is 16.9 Å². The van der Waals surface area contributed by atoms with Gasteiger partial charge in [0, 0.05) is 12.0 Å². The van der Waals surface area contributed by atoms with Crippen molar-refractivity contribution in [3.05, 3.63) is 27.8 Å². The summed E-state index contributed by atoms with van der Waals surface area (Å²) >= 11 is 0. The molecule has 1 fully saturated rings. The van der Waals surface area contributed by atoms with Crippen molar-refractivity contribution in [3.63, 3.8) is 0 Å². The molecule has 0 saturated carbocycles. The molecule has 2 atom stereocenters. The van der Waals surface area contributed by atoms with Gasteiger partial charge in [-0.15, -0.1) is 0 Å². The number of hydrogen-bond donors (Lipinski definition) is 0. The van der Waals surface area contributed by atoms with E-state index in [1.165, 1.54) is 16.7 Å². The minimum absolute atomic E-state index is 0.103. The number of carbonyl (C=O) groups excluding carboxylic acids is 1. The van der Waals surface area contributed by atoms with Crippen LogP contribution in [0.1, 0.15) is 40.3 Å². The quantitative estimate of drug-likeness (QED) is 0.645. The van der Waals surface area contributed by atoms with Crippen LogP contribution in [0, 0.1) is 27.7 Å². The summed E-state index contributed by atoms with van der Waals surface area (Å²) in [6.07, 6.45) is 0.163. The zero-order valence-corrected chi connectivity index (χ0v) is 10.6. The fraction of sp³-hybridized carbons (Fsp3) is 0.500. The molecule has 90 valence electrons. The Labute approximate surface area is 101 Å². The molecule has 0 radical (unpaired) electrons. The van der Waals surface area contributed by atoms with Crippen LogP contribution in [-0.4, -0.2) is 12.1 Å². The Hall–Kier alpha value is -1.51. The van der Waals surface area contributed by atoms with E-state index in [1.807, 2.05) is 0 Å². The fourth-order valence-electron chi connectivity index (χ4n) is 2.82. The molecular formula is C14H16O3. The predicted octanol–water partition coefficient (Wildman–Crippen LogP) is 2.67. The molecule has 0 aliphatic carbocycles. The Morgan fingerprint density at radius 2 is 1.53 bits per heavy atom. The summed E-state index contributed by atoms with van der Waals surface area (Å²) in [7, 11) is 0. The van der Waals surface area contributed by atoms with E-state index < -0.39 is 6.10 Å². The number of fused-ring (bicyclic) bond motifs is 4. The van der Waals surface area contributed by atoms with Crippen LogP contribution < -0.4 is 4.74 Å². The van der Waals surface area contributed by atoms with E-state index in [1.54, 1.807) is 0 Å². The van der Waals surface area contributed by atoms with Crippen molar-refractivity contribution in [3.8, 4) is 5.75 Å². The Bertz CT molecular complexity index is 531. The summed E-state index contributed by atoms with van der Waals surface area (Å²) in [5.74, 6) is 0.651. The molecule has 1 saturated heterocycles. The number of esters is 1. The van der Waals surface area contributed by atoms with Gasteiger partial charge in [-0.1, -0.05) is 0 Å². The second-order valence-corrected chi connectivity index (χ2v) is 5.01. The molecule has 2 unspecified atom stereocenters. The van der Waals surface area contributed by atoms with Crippen LogP contribution >= 0.6 is 0 Å². The lowest BCUT2D eigenvalue weighted by Crippen LogP contribution is -2.25. The van der Waals surface area contributed by atoms with Crippen LogP contribution in [0.25, 0.3) is 0 Å². The monoisotopic (exact) mass is 232 g/mol. The topological polar surface area (TPSA) is 35.5 Å². The van der Waals surface area contributed by atoms with Crippen molar-refractivity contribution in [2.75, 3.05) is 0 Å². The van der Waals surface area contributed by atoms with Gasteiger partial charge in [0.1, 0.15) is 11.9 Å². The summed E-state index contributed by atoms with van der Waals surface area (Å²) in [6, 6.07) is 0. The number of benzene rings is 1. The van der Waals surface area contributed by atoms with E-state index in [9.17, 15) is 4.79 Å². The highest BCUT2D eigenvalue weighted by Crippen LogP contribution is 2.47. The highest BCUT2D eigenvalue weighted by molar-refractivity contribution is 5.79. The summed E-state index contributed by atoms with van der Waals surface area (Å²) in [5, 5.41) is 0. The maximum Gasteiger partial charge on any atom is 0.348 e. The second-order valence-electron chi connectivity index (χ2n) is 5.01. The summed E-state index contributed by atoms with van der Waals surface area (Å²) in [6.45, 7) is 8.34. The molecule has 0 aromatic heterocycles. The summed E-state index contributed by atoms with van der Waals surface area (Å²) in [5.41, 5.74) is 5.92. The average Bonchev–Trinajstić information content (AvgIpc) is 2.59. The molecule has 0 N–H and O–H groups in total. The fourth-order valence-corrected chi connectivity index (χ4v) is 2.82. The van der Waals surface area contributed by atoms with Crippen LogP contribution in [-0.2, 0) is 9.53 Å². The first-order valence-corrected chi connectivity index (χ1v) is 5.98. The van der Waals surface area contributed by atoms with Gasteiger partial charge in [0.05, 0.1) is 0 Å². The highest BCUT2D eigenvalue weighted by Gasteiger charge is 2.44. The van der Waals surface area contributed by atoms with Crippen molar-refractivity contribution in [1.82, 2.24) is 0 Å². The SMILES string of the molecule is Cc1c(C)c(C)c2c(c1C)OC1CC2OC1=O. The zero-order valence-electron chi connectivity index (χ0n) is 10.6. The van der Waals surface area contributed by atoms with Crippen LogP contribution in [0.4, 0.5) is 0 Å². The first-order chi connectivity index (χ1) is 8.00. The Morgan fingerprint density at radius 1 is 0.882 bits per heavy atom. The molecular weight excluding hydrogens is 216 g/mol. The minimum Gasteiger partial charge on any atom is -0.478 e. The maximum atomic E-state index is 11.6. The van der Waals surface area contributed by atoms with E-state index in [-0.39, 0.29) is 12.1 Å². The number of rotatable bonds is 0. The number of hydrogen-bond acceptors (Lipinski definition) is 3. The lowest BCUT2D eigenvalue weighted by molar-refractivity contribution is -0.145. The predicted molar refractivity (Wildman–Crippen MR) is 63.3 cm³/mol. The normalized spacial score (nSPS) is 25.3. The van der Waals surface area contributed by atoms with Gasteiger partial charge in [-0.05, 0) is 49.9 Å². The summed E-state index contributed by atoms with van der Waals surface area (Å²) < 4.78 is 11.2. The van der Waals surface area contributed by atoms with Gasteiger partial charge in [-0.2, -0.15) is 0 Å². The van der Waals surface area contributed by atoms with Gasteiger partial charge in [0.25, 0.3) is 0 Å². The zero-order chi connectivity index (χ0) is 12.3. The number of carbonyl (C=O) groups is 1. The maximum absolute atomic E-state index is 11.6. The van der Waals surface area contributed by atoms with Crippen molar-refractivity contribution >= 4 is 5.97 Å². The molecule has 3 rings (SSSR count). The molecule has 1 aromatic carbocycles. The molecule has 2 aliphatic rings. The molecule has 2 bridgehead atoms. The van der Waals surface area contributed by atoms with Gasteiger partial charge in [-0.25, -0.2) is 4.79 Å². The Balaban J connectivity index is 2.28. The van der Waals surface area contributed by atoms with E-state index in [0.29, 0.717) is 6.42 Å². The van der Waals surface area contributed by atoms with E-state index in [2.05, 4.69) is 27.7 Å². The van der Waals surface area contributed by atoms with Crippen molar-refractivity contribution in [2.45, 2.75) is 46.3 Å². The minimum atomic E-state index is -0.396. The van der Waals surface area contributed by atoms with Crippen LogP contribution in [0.5, 0.6) is 5.75 Å². The van der Waals surface area contributed by atoms with Crippen LogP contribution in [0.2, 0.25) is 0 Å². The van der Waals surface area contributed by atoms with Crippen molar-refractivity contribution < 1.29 is 14.3 Å². The third-order valence-corrected chi connectivity index (χ3v) is 4.21. The van der Waals surface area contributed by atoms with E-state index >= 15 is 0 Å². The summed E-state index contributed by atoms with van der Waals surface area (Å²) in [4.78, 5) is 11.6. The van der Waals surface area contributed by atoms with Crippen LogP contribution in [0.3, 0.4) is 0 Å². The van der Waals surface area contributed by atoms with Crippen molar-refractivity contribution in [1.29, 1.82) is 0 Å². The first-order valence-electron chi connectivity index (χ1n) is 5.98. The van der Waals surface area contributed by atoms with Gasteiger partial charge in [-0.3, -0.25) is 0 Å². The van der Waals surface area contributed by atoms with Gasteiger partial charge >= 0.3 is 5.97 Å². The molecule has 3 heteroatoms. The molecule has 0 spiro atoms. The van der Waals surface area contributed by atoms with Gasteiger partial charge in [0.2, 0.25) is 0 Å². The molecule has 0 amide bonds. The van der Waals surface area contributed by atoms with Crippen LogP contribution in [0.15, 0.2) is 0 Å². The van der Waals surface area contributed by atoms with Crippen molar-refractivity contribution in [2.24, 2.45) is 0 Å². The Kier molecular flexibility index (Phi) is 2.03. The average molecular weight is 232 g/mol. The first kappa shape index (κ1) is 10.6. The lowest BCUT2D eigenvalue weighted by Gasteiger charge is -2.26. The smallest absolute Gasteiger partial charge is 0.348 e.